The van der Waals surface area contributed by atoms with Crippen LogP contribution >= 0.6 is 23.1 Å². The second-order valence-corrected chi connectivity index (χ2v) is 7.63. The number of hydrogen-bond acceptors (Lipinski definition) is 5. The summed E-state index contributed by atoms with van der Waals surface area (Å²) in [4.78, 5) is 20.1. The van der Waals surface area contributed by atoms with E-state index in [4.69, 9.17) is 4.74 Å². The van der Waals surface area contributed by atoms with E-state index in [0.717, 1.165) is 30.3 Å². The summed E-state index contributed by atoms with van der Waals surface area (Å²) in [5, 5.41) is 2.69. The maximum Gasteiger partial charge on any atom is 0.273 e. The van der Waals surface area contributed by atoms with E-state index in [2.05, 4.69) is 29.2 Å². The summed E-state index contributed by atoms with van der Waals surface area (Å²) >= 11 is 3.35. The van der Waals surface area contributed by atoms with Gasteiger partial charge in [-0.1, -0.05) is 18.2 Å². The van der Waals surface area contributed by atoms with Crippen molar-refractivity contribution in [2.24, 2.45) is 5.92 Å². The molecule has 2 heterocycles. The molecule has 0 radical (unpaired) electrons. The van der Waals surface area contributed by atoms with E-state index in [-0.39, 0.29) is 5.91 Å². The number of thioether (sulfide) groups is 1. The van der Waals surface area contributed by atoms with E-state index in [1.807, 2.05) is 28.1 Å². The highest BCUT2D eigenvalue weighted by molar-refractivity contribution is 7.99. The van der Waals surface area contributed by atoms with E-state index in [0.29, 0.717) is 18.2 Å². The first-order chi connectivity index (χ1) is 11.3. The lowest BCUT2D eigenvalue weighted by Gasteiger charge is -2.15. The predicted molar refractivity (Wildman–Crippen MR) is 94.0 cm³/mol. The lowest BCUT2D eigenvalue weighted by Crippen LogP contribution is -2.29. The minimum atomic E-state index is 0.0517. The molecule has 1 atom stereocenters. The molecule has 1 aromatic heterocycles. The van der Waals surface area contributed by atoms with Crippen LogP contribution in [0.15, 0.2) is 40.6 Å². The second kappa shape index (κ2) is 7.95. The quantitative estimate of drug-likeness (QED) is 0.749. The first kappa shape index (κ1) is 16.5. The Kier molecular flexibility index (Phi) is 5.70. The van der Waals surface area contributed by atoms with Crippen molar-refractivity contribution in [2.45, 2.75) is 17.9 Å². The van der Waals surface area contributed by atoms with Crippen molar-refractivity contribution in [3.8, 4) is 0 Å². The molecule has 23 heavy (non-hydrogen) atoms. The van der Waals surface area contributed by atoms with Crippen molar-refractivity contribution in [1.82, 2.24) is 9.88 Å². The minimum absolute atomic E-state index is 0.0517. The van der Waals surface area contributed by atoms with Crippen LogP contribution in [0.25, 0.3) is 0 Å². The molecule has 3 rings (SSSR count). The van der Waals surface area contributed by atoms with E-state index in [1.54, 1.807) is 7.11 Å². The van der Waals surface area contributed by atoms with Crippen LogP contribution in [0, 0.1) is 5.92 Å². The zero-order valence-corrected chi connectivity index (χ0v) is 14.7. The Morgan fingerprint density at radius 3 is 3.04 bits per heavy atom. The molecule has 6 heteroatoms. The predicted octanol–water partition coefficient (Wildman–Crippen LogP) is 3.54. The third kappa shape index (κ3) is 4.34. The molecular formula is C17H20N2O2S2. The molecule has 0 unspecified atom stereocenters. The zero-order valence-electron chi connectivity index (χ0n) is 13.1. The van der Waals surface area contributed by atoms with Gasteiger partial charge < -0.3 is 9.64 Å². The van der Waals surface area contributed by atoms with Gasteiger partial charge in [0.1, 0.15) is 10.7 Å². The molecular weight excluding hydrogens is 328 g/mol. The number of methoxy groups -OCH3 is 1. The highest BCUT2D eigenvalue weighted by Crippen LogP contribution is 2.26. The Balaban J connectivity index is 1.51. The van der Waals surface area contributed by atoms with Crippen LogP contribution in [0.5, 0.6) is 0 Å². The first-order valence-corrected chi connectivity index (χ1v) is 9.53. The molecule has 0 saturated carbocycles. The summed E-state index contributed by atoms with van der Waals surface area (Å²) in [6.07, 6.45) is 1.07. The molecule has 0 aliphatic carbocycles. The molecule has 2 aromatic rings. The van der Waals surface area contributed by atoms with Crippen LogP contribution in [-0.2, 0) is 11.3 Å². The standard InChI is InChI=1S/C17H20N2O2S2/c1-21-10-16-18-15(12-23-16)17(20)19-8-7-13(9-19)11-22-14-5-3-2-4-6-14/h2-6,12-13H,7-11H2,1H3/t13-/m0/s1. The van der Waals surface area contributed by atoms with Crippen LogP contribution < -0.4 is 0 Å². The topological polar surface area (TPSA) is 42.4 Å². The Morgan fingerprint density at radius 2 is 2.26 bits per heavy atom. The average molecular weight is 348 g/mol. The molecule has 1 amide bonds. The molecule has 0 N–H and O–H groups in total. The van der Waals surface area contributed by atoms with Crippen molar-refractivity contribution in [3.63, 3.8) is 0 Å². The molecule has 0 spiro atoms. The summed E-state index contributed by atoms with van der Waals surface area (Å²) < 4.78 is 5.06. The van der Waals surface area contributed by atoms with E-state index < -0.39 is 0 Å². The Bertz CT molecular complexity index is 645. The molecule has 1 aliphatic heterocycles. The van der Waals surface area contributed by atoms with Gasteiger partial charge in [0.2, 0.25) is 0 Å². The number of nitrogens with zero attached hydrogens (tertiary/aromatic N) is 2. The number of thiazole rings is 1. The van der Waals surface area contributed by atoms with Gasteiger partial charge in [-0.25, -0.2) is 4.98 Å². The lowest BCUT2D eigenvalue weighted by molar-refractivity contribution is 0.0782. The fourth-order valence-electron chi connectivity index (χ4n) is 2.64. The van der Waals surface area contributed by atoms with E-state index in [9.17, 15) is 4.79 Å². The molecule has 1 aromatic carbocycles. The Labute approximate surface area is 144 Å². The van der Waals surface area contributed by atoms with E-state index >= 15 is 0 Å². The fourth-order valence-corrected chi connectivity index (χ4v) is 4.43. The summed E-state index contributed by atoms with van der Waals surface area (Å²) in [6.45, 7) is 2.13. The SMILES string of the molecule is COCc1nc(C(=O)N2CC[C@H](CSc3ccccc3)C2)cs1. The summed E-state index contributed by atoms with van der Waals surface area (Å²) in [5.74, 6) is 1.66. The molecule has 4 nitrogen and oxygen atoms in total. The van der Waals surface area contributed by atoms with Gasteiger partial charge in [-0.2, -0.15) is 0 Å². The third-order valence-electron chi connectivity index (χ3n) is 3.84. The van der Waals surface area contributed by atoms with Crippen molar-refractivity contribution < 1.29 is 9.53 Å². The lowest BCUT2D eigenvalue weighted by atomic mass is 10.2. The zero-order chi connectivity index (χ0) is 16.1. The second-order valence-electron chi connectivity index (χ2n) is 5.59. The highest BCUT2D eigenvalue weighted by Gasteiger charge is 2.28. The minimum Gasteiger partial charge on any atom is -0.378 e. The Morgan fingerprint density at radius 1 is 1.43 bits per heavy atom. The van der Waals surface area contributed by atoms with E-state index in [1.165, 1.54) is 16.2 Å². The van der Waals surface area contributed by atoms with Gasteiger partial charge in [0.15, 0.2) is 0 Å². The van der Waals surface area contributed by atoms with Crippen molar-refractivity contribution in [1.29, 1.82) is 0 Å². The number of likely N-dealkylation sites (tertiary alicyclic amines) is 1. The summed E-state index contributed by atoms with van der Waals surface area (Å²) in [7, 11) is 1.64. The number of rotatable bonds is 6. The molecule has 122 valence electrons. The molecule has 0 bridgehead atoms. The molecule has 1 fully saturated rings. The smallest absolute Gasteiger partial charge is 0.273 e. The van der Waals surface area contributed by atoms with Crippen molar-refractivity contribution in [3.05, 3.63) is 46.4 Å². The summed E-state index contributed by atoms with van der Waals surface area (Å²) in [5.41, 5.74) is 0.554. The van der Waals surface area contributed by atoms with Crippen LogP contribution in [0.3, 0.4) is 0 Å². The van der Waals surface area contributed by atoms with Crippen LogP contribution in [0.4, 0.5) is 0 Å². The van der Waals surface area contributed by atoms with Crippen LogP contribution in [0.1, 0.15) is 21.9 Å². The van der Waals surface area contributed by atoms with Crippen LogP contribution in [-0.4, -0.2) is 41.7 Å². The molecule has 1 saturated heterocycles. The van der Waals surface area contributed by atoms with Gasteiger partial charge in [0, 0.05) is 36.2 Å². The fraction of sp³-hybridized carbons (Fsp3) is 0.412. The highest BCUT2D eigenvalue weighted by atomic mass is 32.2. The van der Waals surface area contributed by atoms with Crippen molar-refractivity contribution >= 4 is 29.0 Å². The van der Waals surface area contributed by atoms with Crippen molar-refractivity contribution in [2.75, 3.05) is 26.0 Å². The Hall–Kier alpha value is -1.37. The number of amides is 1. The normalized spacial score (nSPS) is 17.6. The maximum atomic E-state index is 12.5. The molecule has 1 aliphatic rings. The number of aromatic nitrogens is 1. The average Bonchev–Trinajstić information content (AvgIpc) is 3.23. The van der Waals surface area contributed by atoms with Gasteiger partial charge in [-0.05, 0) is 24.5 Å². The number of hydrogen-bond donors (Lipinski definition) is 0. The largest absolute Gasteiger partial charge is 0.378 e. The number of carbonyl (C=O) groups excluding carboxylic acids is 1. The van der Waals surface area contributed by atoms with Gasteiger partial charge in [-0.15, -0.1) is 23.1 Å². The summed E-state index contributed by atoms with van der Waals surface area (Å²) in [6, 6.07) is 10.4. The van der Waals surface area contributed by atoms with Gasteiger partial charge in [-0.3, -0.25) is 4.79 Å². The third-order valence-corrected chi connectivity index (χ3v) is 5.91. The number of carbonyl (C=O) groups is 1. The number of benzene rings is 1. The van der Waals surface area contributed by atoms with Gasteiger partial charge >= 0.3 is 0 Å². The maximum absolute atomic E-state index is 12.5. The van der Waals surface area contributed by atoms with Gasteiger partial charge in [0.25, 0.3) is 5.91 Å². The van der Waals surface area contributed by atoms with Crippen LogP contribution in [0.2, 0.25) is 0 Å². The van der Waals surface area contributed by atoms with Gasteiger partial charge in [0.05, 0.1) is 6.61 Å². The monoisotopic (exact) mass is 348 g/mol. The first-order valence-electron chi connectivity index (χ1n) is 7.66. The number of ether oxygens (including phenoxy) is 1.